The Labute approximate surface area is 293 Å². The first-order valence-electron chi connectivity index (χ1n) is 17.1. The van der Waals surface area contributed by atoms with Gasteiger partial charge < -0.3 is 19.3 Å². The number of carbonyl (C=O) groups excluding carboxylic acids is 1. The molecule has 50 heavy (non-hydrogen) atoms. The van der Waals surface area contributed by atoms with E-state index in [0.29, 0.717) is 17.8 Å². The molecule has 0 aliphatic carbocycles. The summed E-state index contributed by atoms with van der Waals surface area (Å²) in [6.07, 6.45) is 6.11. The van der Waals surface area contributed by atoms with Gasteiger partial charge in [0.25, 0.3) is 15.9 Å². The minimum atomic E-state index is -4.18. The highest BCUT2D eigenvalue weighted by Gasteiger charge is 2.40. The zero-order chi connectivity index (χ0) is 35.2. The number of aryl methyl sites for hydroxylation is 2. The summed E-state index contributed by atoms with van der Waals surface area (Å²) in [7, 11) is -4.18. The number of aromatic nitrogens is 4. The van der Waals surface area contributed by atoms with E-state index in [0.717, 1.165) is 48.5 Å². The molecule has 2 fully saturated rings. The van der Waals surface area contributed by atoms with Gasteiger partial charge in [0.15, 0.2) is 0 Å². The highest BCUT2D eigenvalue weighted by Crippen LogP contribution is 2.34. The first-order valence-corrected chi connectivity index (χ1v) is 18.5. The van der Waals surface area contributed by atoms with Crippen molar-refractivity contribution in [2.24, 2.45) is 5.41 Å². The highest BCUT2D eigenvalue weighted by atomic mass is 32.2. The molecule has 4 aromatic rings. The van der Waals surface area contributed by atoms with Crippen LogP contribution in [0.4, 0.5) is 11.8 Å². The number of nitrogens with one attached hydrogen (secondary N) is 1. The van der Waals surface area contributed by atoms with E-state index in [1.54, 1.807) is 35.5 Å². The minimum absolute atomic E-state index is 0.0809. The van der Waals surface area contributed by atoms with Crippen LogP contribution in [0.15, 0.2) is 65.8 Å². The van der Waals surface area contributed by atoms with Gasteiger partial charge in [-0.25, -0.2) is 23.1 Å². The Hall–Kier alpha value is -4.62. The third-order valence-corrected chi connectivity index (χ3v) is 10.9. The van der Waals surface area contributed by atoms with Crippen LogP contribution in [0.2, 0.25) is 0 Å². The predicted octanol–water partition coefficient (Wildman–Crippen LogP) is 5.56. The van der Waals surface area contributed by atoms with Gasteiger partial charge in [-0.05, 0) is 67.9 Å². The Kier molecular flexibility index (Phi) is 8.97. The Morgan fingerprint density at radius 3 is 2.54 bits per heavy atom. The second-order valence-corrected chi connectivity index (χ2v) is 16.3. The number of carbonyl (C=O) groups is 1. The molecule has 5 heterocycles. The van der Waals surface area contributed by atoms with Crippen molar-refractivity contribution >= 4 is 27.7 Å². The van der Waals surface area contributed by atoms with E-state index in [-0.39, 0.29) is 58.9 Å². The van der Waals surface area contributed by atoms with Crippen molar-refractivity contribution in [3.05, 3.63) is 83.3 Å². The fourth-order valence-electron chi connectivity index (χ4n) is 7.32. The zero-order valence-electron chi connectivity index (χ0n) is 29.1. The molecule has 2 saturated heterocycles. The average molecular weight is 698 g/mol. The van der Waals surface area contributed by atoms with Crippen molar-refractivity contribution in [3.63, 3.8) is 0 Å². The Balaban J connectivity index is 1.31. The summed E-state index contributed by atoms with van der Waals surface area (Å²) in [5, 5.41) is 0. The lowest BCUT2D eigenvalue weighted by atomic mass is 9.87. The molecule has 12 nitrogen and oxygen atoms in total. The van der Waals surface area contributed by atoms with E-state index < -0.39 is 16.1 Å². The second kappa shape index (κ2) is 13.3. The van der Waals surface area contributed by atoms with E-state index in [4.69, 9.17) is 14.5 Å². The van der Waals surface area contributed by atoms with E-state index >= 15 is 0 Å². The van der Waals surface area contributed by atoms with E-state index in [9.17, 15) is 13.2 Å². The quantitative estimate of drug-likeness (QED) is 0.282. The summed E-state index contributed by atoms with van der Waals surface area (Å²) in [6.45, 7) is 12.1. The number of benzene rings is 2. The Morgan fingerprint density at radius 2 is 1.76 bits per heavy atom. The van der Waals surface area contributed by atoms with Gasteiger partial charge in [0.05, 0.1) is 53.4 Å². The first kappa shape index (κ1) is 33.9. The van der Waals surface area contributed by atoms with Gasteiger partial charge in [-0.15, -0.1) is 0 Å². The molecule has 3 aliphatic heterocycles. The maximum atomic E-state index is 14.6. The normalized spacial score (nSPS) is 21.8. The molecular formula is C37H43N7O5S. The molecule has 4 bridgehead atoms. The van der Waals surface area contributed by atoms with Gasteiger partial charge in [-0.3, -0.25) is 9.78 Å². The molecule has 1 N–H and O–H groups in total. The van der Waals surface area contributed by atoms with Crippen molar-refractivity contribution in [2.45, 2.75) is 83.5 Å². The molecule has 13 heteroatoms. The second-order valence-electron chi connectivity index (χ2n) is 14.6. The molecule has 0 saturated carbocycles. The SMILES string of the molecule is Cc1cccc(C)c1-c1cc2nc(n1)NS(=O)(=O)c1cccc(c1)C(=O)N(Cc1cncc(N3CCC4OCCC43)n1)[C@H](CC(C)(C)C)CO2. The number of ether oxygens (including phenoxy) is 2. The minimum Gasteiger partial charge on any atom is -0.475 e. The Morgan fingerprint density at radius 1 is 0.980 bits per heavy atom. The molecule has 0 spiro atoms. The van der Waals surface area contributed by atoms with Crippen LogP contribution in [0.1, 0.15) is 67.2 Å². The lowest BCUT2D eigenvalue weighted by Gasteiger charge is -2.35. The average Bonchev–Trinajstić information content (AvgIpc) is 3.69. The van der Waals surface area contributed by atoms with Gasteiger partial charge in [0.2, 0.25) is 11.8 Å². The molecule has 2 unspecified atom stereocenters. The molecule has 3 aliphatic rings. The standard InChI is InChI=1S/C37H43N7O5S/c1-23-8-6-9-24(2)34(23)29-17-33-41-36(40-29)42-50(46,47)28-11-7-10-25(16-28)35(45)44(27(22-49-33)18-37(3,4)5)21-26-19-38-20-32(39-26)43-14-12-31-30(43)13-15-48-31/h6-11,16-17,19-20,27,30-31H,12-15,18,21-22H2,1-5H3,(H,40,41,42)/t27-,30?,31?/m1/s1. The molecule has 0 radical (unpaired) electrons. The van der Waals surface area contributed by atoms with Gasteiger partial charge in [0, 0.05) is 30.3 Å². The third-order valence-electron chi connectivity index (χ3n) is 9.56. The monoisotopic (exact) mass is 697 g/mol. The van der Waals surface area contributed by atoms with Crippen LogP contribution in [0.5, 0.6) is 5.88 Å². The first-order chi connectivity index (χ1) is 23.8. The Bertz CT molecular complexity index is 2010. The number of nitrogens with zero attached hydrogens (tertiary/aromatic N) is 6. The van der Waals surface area contributed by atoms with Crippen LogP contribution in [0, 0.1) is 19.3 Å². The topological polar surface area (TPSA) is 140 Å². The molecule has 2 aromatic carbocycles. The van der Waals surface area contributed by atoms with Gasteiger partial charge in [-0.2, -0.15) is 4.98 Å². The van der Waals surface area contributed by atoms with E-state index in [1.165, 1.54) is 12.1 Å². The summed E-state index contributed by atoms with van der Waals surface area (Å²) in [6, 6.07) is 13.5. The number of rotatable bonds is 5. The number of amides is 1. The van der Waals surface area contributed by atoms with Crippen LogP contribution in [0.25, 0.3) is 11.3 Å². The smallest absolute Gasteiger partial charge is 0.264 e. The fourth-order valence-corrected chi connectivity index (χ4v) is 8.31. The highest BCUT2D eigenvalue weighted by molar-refractivity contribution is 7.92. The molecule has 2 aromatic heterocycles. The van der Waals surface area contributed by atoms with E-state index in [1.807, 2.05) is 32.0 Å². The number of anilines is 2. The summed E-state index contributed by atoms with van der Waals surface area (Å²) < 4.78 is 42.3. The number of fused-ring (bicyclic) bond motifs is 5. The van der Waals surface area contributed by atoms with Gasteiger partial charge in [0.1, 0.15) is 12.4 Å². The van der Waals surface area contributed by atoms with Crippen molar-refractivity contribution in [2.75, 3.05) is 29.4 Å². The van der Waals surface area contributed by atoms with Crippen LogP contribution in [-0.4, -0.2) is 77.1 Å². The van der Waals surface area contributed by atoms with Crippen LogP contribution < -0.4 is 14.4 Å². The van der Waals surface area contributed by atoms with Crippen molar-refractivity contribution < 1.29 is 22.7 Å². The predicted molar refractivity (Wildman–Crippen MR) is 190 cm³/mol. The number of hydrogen-bond donors (Lipinski definition) is 1. The largest absolute Gasteiger partial charge is 0.475 e. The molecule has 7 rings (SSSR count). The summed E-state index contributed by atoms with van der Waals surface area (Å²) in [5.74, 6) is 0.487. The maximum absolute atomic E-state index is 14.6. The van der Waals surface area contributed by atoms with E-state index in [2.05, 4.69) is 45.3 Å². The van der Waals surface area contributed by atoms with Crippen molar-refractivity contribution in [3.8, 4) is 17.1 Å². The lowest BCUT2D eigenvalue weighted by Crippen LogP contribution is -2.45. The lowest BCUT2D eigenvalue weighted by molar-refractivity contribution is 0.0509. The number of hydrogen-bond acceptors (Lipinski definition) is 10. The molecule has 262 valence electrons. The van der Waals surface area contributed by atoms with Crippen LogP contribution >= 0.6 is 0 Å². The molecule has 1 amide bonds. The maximum Gasteiger partial charge on any atom is 0.264 e. The molecule has 3 atom stereocenters. The summed E-state index contributed by atoms with van der Waals surface area (Å²) in [4.78, 5) is 37.1. The van der Waals surface area contributed by atoms with Gasteiger partial charge in [-0.1, -0.05) is 45.0 Å². The third kappa shape index (κ3) is 7.02. The molecular weight excluding hydrogens is 655 g/mol. The zero-order valence-corrected chi connectivity index (χ0v) is 29.9. The summed E-state index contributed by atoms with van der Waals surface area (Å²) >= 11 is 0. The van der Waals surface area contributed by atoms with Crippen molar-refractivity contribution in [1.29, 1.82) is 0 Å². The van der Waals surface area contributed by atoms with Crippen molar-refractivity contribution in [1.82, 2.24) is 24.8 Å². The van der Waals surface area contributed by atoms with Crippen LogP contribution in [-0.2, 0) is 21.3 Å². The van der Waals surface area contributed by atoms with Gasteiger partial charge >= 0.3 is 0 Å². The summed E-state index contributed by atoms with van der Waals surface area (Å²) in [5.41, 5.74) is 3.98. The van der Waals surface area contributed by atoms with Crippen LogP contribution in [0.3, 0.4) is 0 Å². The fraction of sp³-hybridized carbons (Fsp3) is 0.432. The number of sulfonamides is 1.